The number of likely N-dealkylation sites (tertiary alicyclic amines) is 1. The minimum atomic E-state index is -0.798. The Morgan fingerprint density at radius 3 is 2.60 bits per heavy atom. The van der Waals surface area contributed by atoms with Crippen LogP contribution in [0.15, 0.2) is 0 Å². The number of ether oxygens (including phenoxy) is 1. The third kappa shape index (κ3) is 2.92. The molecule has 1 rings (SSSR count). The highest BCUT2D eigenvalue weighted by molar-refractivity contribution is 5.84. The lowest BCUT2D eigenvalue weighted by molar-refractivity contribution is -0.157. The van der Waals surface area contributed by atoms with Crippen LogP contribution in [0, 0.1) is 0 Å². The second-order valence-corrected chi connectivity index (χ2v) is 5.04. The van der Waals surface area contributed by atoms with Gasteiger partial charge in [-0.15, -0.1) is 0 Å². The average molecular weight is 215 g/mol. The van der Waals surface area contributed by atoms with Gasteiger partial charge >= 0.3 is 0 Å². The van der Waals surface area contributed by atoms with Crippen molar-refractivity contribution in [1.82, 2.24) is 4.90 Å². The molecule has 15 heavy (non-hydrogen) atoms. The summed E-state index contributed by atoms with van der Waals surface area (Å²) in [5.74, 6) is -0.0509. The Morgan fingerprint density at radius 2 is 2.13 bits per heavy atom. The molecule has 1 amide bonds. The molecule has 1 saturated heterocycles. The van der Waals surface area contributed by atoms with E-state index in [1.54, 1.807) is 25.7 Å². The van der Waals surface area contributed by atoms with Crippen molar-refractivity contribution in [3.63, 3.8) is 0 Å². The molecule has 0 aromatic carbocycles. The fraction of sp³-hybridized carbons (Fsp3) is 0.909. The van der Waals surface area contributed by atoms with Crippen LogP contribution in [-0.2, 0) is 9.53 Å². The van der Waals surface area contributed by atoms with E-state index in [0.29, 0.717) is 13.1 Å². The minimum Gasteiger partial charge on any atom is -0.388 e. The maximum Gasteiger partial charge on any atom is 0.254 e. The summed E-state index contributed by atoms with van der Waals surface area (Å²) >= 11 is 0. The summed E-state index contributed by atoms with van der Waals surface area (Å²) in [6.07, 6.45) is 1.60. The number of piperidine rings is 1. The first-order chi connectivity index (χ1) is 6.78. The van der Waals surface area contributed by atoms with Gasteiger partial charge in [-0.25, -0.2) is 0 Å². The molecule has 0 aromatic rings. The molecule has 1 atom stereocenters. The summed E-state index contributed by atoms with van der Waals surface area (Å²) in [5.41, 5.74) is -1.55. The van der Waals surface area contributed by atoms with Crippen LogP contribution in [0.25, 0.3) is 0 Å². The Labute approximate surface area is 91.2 Å². The van der Waals surface area contributed by atoms with Crippen molar-refractivity contribution >= 4 is 5.91 Å². The van der Waals surface area contributed by atoms with Crippen LogP contribution in [0.1, 0.15) is 33.6 Å². The third-order valence-electron chi connectivity index (χ3n) is 2.99. The van der Waals surface area contributed by atoms with E-state index in [0.717, 1.165) is 12.8 Å². The number of hydrogen-bond acceptors (Lipinski definition) is 3. The number of methoxy groups -OCH3 is 1. The van der Waals surface area contributed by atoms with Gasteiger partial charge in [-0.2, -0.15) is 0 Å². The molecule has 0 aliphatic carbocycles. The predicted octanol–water partition coefficient (Wildman–Crippen LogP) is 0.785. The first-order valence-electron chi connectivity index (χ1n) is 5.35. The Kier molecular flexibility index (Phi) is 3.41. The molecule has 0 saturated carbocycles. The summed E-state index contributed by atoms with van der Waals surface area (Å²) in [6.45, 7) is 6.38. The first-order valence-corrected chi connectivity index (χ1v) is 5.35. The number of rotatable bonds is 2. The smallest absolute Gasteiger partial charge is 0.254 e. The van der Waals surface area contributed by atoms with Crippen LogP contribution in [0.5, 0.6) is 0 Å². The minimum absolute atomic E-state index is 0.0509. The number of hydrogen-bond donors (Lipinski definition) is 1. The van der Waals surface area contributed by atoms with Crippen molar-refractivity contribution in [2.75, 3.05) is 20.2 Å². The number of aliphatic hydroxyl groups is 1. The number of amides is 1. The lowest BCUT2D eigenvalue weighted by Crippen LogP contribution is -2.54. The summed E-state index contributed by atoms with van der Waals surface area (Å²) in [6, 6.07) is 0. The zero-order valence-corrected chi connectivity index (χ0v) is 10.0. The van der Waals surface area contributed by atoms with Gasteiger partial charge in [0.05, 0.1) is 5.60 Å². The average Bonchev–Trinajstić information content (AvgIpc) is 2.15. The number of carbonyl (C=O) groups excluding carboxylic acids is 1. The highest BCUT2D eigenvalue weighted by atomic mass is 16.5. The van der Waals surface area contributed by atoms with E-state index in [4.69, 9.17) is 4.74 Å². The molecule has 4 heteroatoms. The molecule has 0 bridgehead atoms. The molecule has 1 N–H and O–H groups in total. The van der Waals surface area contributed by atoms with Crippen LogP contribution < -0.4 is 0 Å². The molecule has 1 unspecified atom stereocenters. The highest BCUT2D eigenvalue weighted by Crippen LogP contribution is 2.23. The van der Waals surface area contributed by atoms with Crippen LogP contribution in [0.4, 0.5) is 0 Å². The van der Waals surface area contributed by atoms with Crippen molar-refractivity contribution in [2.45, 2.75) is 44.8 Å². The zero-order valence-electron chi connectivity index (χ0n) is 10.0. The van der Waals surface area contributed by atoms with Crippen LogP contribution in [0.2, 0.25) is 0 Å². The SMILES string of the molecule is COC(C)(C)C(=O)N1CCCC(C)(O)C1. The normalized spacial score (nSPS) is 27.9. The summed E-state index contributed by atoms with van der Waals surface area (Å²) in [4.78, 5) is 13.7. The Morgan fingerprint density at radius 1 is 1.53 bits per heavy atom. The second-order valence-electron chi connectivity index (χ2n) is 5.04. The quantitative estimate of drug-likeness (QED) is 0.740. The molecular weight excluding hydrogens is 194 g/mol. The second kappa shape index (κ2) is 4.10. The van der Waals surface area contributed by atoms with E-state index in [9.17, 15) is 9.90 Å². The molecule has 1 heterocycles. The Bertz CT molecular complexity index is 248. The molecule has 88 valence electrons. The molecule has 1 aliphatic heterocycles. The van der Waals surface area contributed by atoms with Gasteiger partial charge in [-0.3, -0.25) is 4.79 Å². The van der Waals surface area contributed by atoms with Gasteiger partial charge in [0.15, 0.2) is 0 Å². The van der Waals surface area contributed by atoms with Gasteiger partial charge in [-0.05, 0) is 33.6 Å². The maximum absolute atomic E-state index is 12.0. The van der Waals surface area contributed by atoms with Crippen LogP contribution in [0.3, 0.4) is 0 Å². The van der Waals surface area contributed by atoms with E-state index in [1.165, 1.54) is 7.11 Å². The monoisotopic (exact) mass is 215 g/mol. The van der Waals surface area contributed by atoms with Gasteiger partial charge in [-0.1, -0.05) is 0 Å². The third-order valence-corrected chi connectivity index (χ3v) is 2.99. The molecule has 1 fully saturated rings. The fourth-order valence-electron chi connectivity index (χ4n) is 1.86. The molecule has 0 aromatic heterocycles. The summed E-state index contributed by atoms with van der Waals surface area (Å²) in [5, 5.41) is 9.90. The van der Waals surface area contributed by atoms with Gasteiger partial charge in [0.25, 0.3) is 5.91 Å². The zero-order chi connectivity index (χ0) is 11.7. The number of carbonyl (C=O) groups is 1. The van der Waals surface area contributed by atoms with E-state index in [-0.39, 0.29) is 5.91 Å². The summed E-state index contributed by atoms with van der Waals surface area (Å²) < 4.78 is 5.15. The molecule has 0 radical (unpaired) electrons. The van der Waals surface area contributed by atoms with Crippen molar-refractivity contribution in [3.05, 3.63) is 0 Å². The lowest BCUT2D eigenvalue weighted by atomic mass is 9.94. The van der Waals surface area contributed by atoms with Gasteiger partial charge < -0.3 is 14.7 Å². The number of nitrogens with zero attached hydrogens (tertiary/aromatic N) is 1. The van der Waals surface area contributed by atoms with Crippen molar-refractivity contribution in [3.8, 4) is 0 Å². The molecule has 1 aliphatic rings. The Hall–Kier alpha value is -0.610. The van der Waals surface area contributed by atoms with Crippen molar-refractivity contribution in [1.29, 1.82) is 0 Å². The Balaban J connectivity index is 2.68. The van der Waals surface area contributed by atoms with E-state index >= 15 is 0 Å². The topological polar surface area (TPSA) is 49.8 Å². The predicted molar refractivity (Wildman–Crippen MR) is 57.5 cm³/mol. The van der Waals surface area contributed by atoms with Gasteiger partial charge in [0.2, 0.25) is 0 Å². The van der Waals surface area contributed by atoms with E-state index < -0.39 is 11.2 Å². The largest absolute Gasteiger partial charge is 0.388 e. The van der Waals surface area contributed by atoms with Crippen LogP contribution >= 0.6 is 0 Å². The van der Waals surface area contributed by atoms with E-state index in [1.807, 2.05) is 0 Å². The highest BCUT2D eigenvalue weighted by Gasteiger charge is 2.37. The van der Waals surface area contributed by atoms with Gasteiger partial charge in [0.1, 0.15) is 5.60 Å². The maximum atomic E-state index is 12.0. The van der Waals surface area contributed by atoms with Crippen molar-refractivity contribution in [2.24, 2.45) is 0 Å². The standard InChI is InChI=1S/C11H21NO3/c1-10(2,15-4)9(13)12-7-5-6-11(3,14)8-12/h14H,5-8H2,1-4H3. The van der Waals surface area contributed by atoms with Gasteiger partial charge in [0, 0.05) is 20.2 Å². The molecule has 4 nitrogen and oxygen atoms in total. The van der Waals surface area contributed by atoms with Crippen LogP contribution in [-0.4, -0.2) is 47.3 Å². The fourth-order valence-corrected chi connectivity index (χ4v) is 1.86. The van der Waals surface area contributed by atoms with Crippen molar-refractivity contribution < 1.29 is 14.6 Å². The molecular formula is C11H21NO3. The first kappa shape index (κ1) is 12.5. The molecule has 0 spiro atoms. The number of β-amino-alcohol motifs (C(OH)–C–C–N with tert-alkyl or cyclic N) is 1. The summed E-state index contributed by atoms with van der Waals surface area (Å²) in [7, 11) is 1.53. The lowest BCUT2D eigenvalue weighted by Gasteiger charge is -2.39. The van der Waals surface area contributed by atoms with E-state index in [2.05, 4.69) is 0 Å².